The molecule has 1 aliphatic heterocycles. The van der Waals surface area contributed by atoms with Crippen LogP contribution >= 0.6 is 0 Å². The Morgan fingerprint density at radius 2 is 1.86 bits per heavy atom. The van der Waals surface area contributed by atoms with Crippen LogP contribution in [-0.4, -0.2) is 0 Å². The third kappa shape index (κ3) is 1.06. The number of hydrogen-bond acceptors (Lipinski definition) is 1. The van der Waals surface area contributed by atoms with Gasteiger partial charge in [-0.25, -0.2) is 0 Å². The van der Waals surface area contributed by atoms with Crippen molar-refractivity contribution >= 4 is 10.8 Å². The lowest BCUT2D eigenvalue weighted by molar-refractivity contribution is 0.634. The van der Waals surface area contributed by atoms with E-state index in [2.05, 4.69) is 48.6 Å². The van der Waals surface area contributed by atoms with Crippen molar-refractivity contribution in [2.45, 2.75) is 19.5 Å². The van der Waals surface area contributed by atoms with E-state index in [9.17, 15) is 0 Å². The third-order valence-corrected chi connectivity index (χ3v) is 3.07. The molecule has 70 valence electrons. The predicted octanol–water partition coefficient (Wildman–Crippen LogP) is 3.00. The van der Waals surface area contributed by atoms with Gasteiger partial charge in [-0.3, -0.25) is 0 Å². The molecule has 1 heterocycles. The van der Waals surface area contributed by atoms with E-state index >= 15 is 0 Å². The van der Waals surface area contributed by atoms with Gasteiger partial charge in [0, 0.05) is 12.6 Å². The van der Waals surface area contributed by atoms with Crippen LogP contribution in [0.3, 0.4) is 0 Å². The molecule has 0 saturated heterocycles. The zero-order chi connectivity index (χ0) is 9.54. The van der Waals surface area contributed by atoms with Crippen molar-refractivity contribution < 1.29 is 0 Å². The Bertz CT molecular complexity index is 488. The summed E-state index contributed by atoms with van der Waals surface area (Å²) in [6.45, 7) is 3.24. The van der Waals surface area contributed by atoms with E-state index in [1.807, 2.05) is 0 Å². The van der Waals surface area contributed by atoms with Crippen molar-refractivity contribution in [2.75, 3.05) is 0 Å². The van der Waals surface area contributed by atoms with Gasteiger partial charge in [-0.05, 0) is 41.0 Å². The van der Waals surface area contributed by atoms with Crippen molar-refractivity contribution in [3.63, 3.8) is 0 Å². The van der Waals surface area contributed by atoms with E-state index in [1.165, 1.54) is 21.9 Å². The van der Waals surface area contributed by atoms with Crippen LogP contribution in [0.5, 0.6) is 0 Å². The Morgan fingerprint density at radius 1 is 1.14 bits per heavy atom. The summed E-state index contributed by atoms with van der Waals surface area (Å²) in [6, 6.07) is 13.7. The SMILES string of the molecule is CC1NCc2cc3ccccc3cc21. The highest BCUT2D eigenvalue weighted by molar-refractivity contribution is 5.84. The molecular weight excluding hydrogens is 170 g/mol. The zero-order valence-electron chi connectivity index (χ0n) is 8.25. The molecule has 2 aromatic rings. The molecule has 0 amide bonds. The standard InChI is InChI=1S/C13H13N/c1-9-13-7-11-5-3-2-4-10(11)6-12(13)8-14-9/h2-7,9,14H,8H2,1H3. The lowest BCUT2D eigenvalue weighted by atomic mass is 10.0. The fourth-order valence-electron chi connectivity index (χ4n) is 2.23. The number of benzene rings is 2. The minimum absolute atomic E-state index is 0.509. The van der Waals surface area contributed by atoms with Crippen LogP contribution in [-0.2, 0) is 6.54 Å². The molecule has 2 aromatic carbocycles. The van der Waals surface area contributed by atoms with Gasteiger partial charge in [0.1, 0.15) is 0 Å². The van der Waals surface area contributed by atoms with Crippen molar-refractivity contribution in [1.82, 2.24) is 5.32 Å². The zero-order valence-corrected chi connectivity index (χ0v) is 8.25. The van der Waals surface area contributed by atoms with Crippen LogP contribution in [0.25, 0.3) is 10.8 Å². The molecule has 1 heteroatoms. The van der Waals surface area contributed by atoms with Gasteiger partial charge in [0.05, 0.1) is 0 Å². The first-order valence-corrected chi connectivity index (χ1v) is 5.09. The molecule has 0 saturated carbocycles. The first-order valence-electron chi connectivity index (χ1n) is 5.09. The second kappa shape index (κ2) is 2.82. The molecule has 0 spiro atoms. The van der Waals surface area contributed by atoms with Gasteiger partial charge in [0.2, 0.25) is 0 Å². The smallest absolute Gasteiger partial charge is 0.0298 e. The van der Waals surface area contributed by atoms with Crippen LogP contribution < -0.4 is 5.32 Å². The maximum atomic E-state index is 3.46. The van der Waals surface area contributed by atoms with E-state index < -0.39 is 0 Å². The van der Waals surface area contributed by atoms with Gasteiger partial charge in [0.25, 0.3) is 0 Å². The average Bonchev–Trinajstić information content (AvgIpc) is 2.57. The van der Waals surface area contributed by atoms with E-state index in [-0.39, 0.29) is 0 Å². The van der Waals surface area contributed by atoms with Crippen molar-refractivity contribution in [1.29, 1.82) is 0 Å². The van der Waals surface area contributed by atoms with Crippen LogP contribution in [0.1, 0.15) is 24.1 Å². The first kappa shape index (κ1) is 8.01. The normalized spacial score (nSPS) is 19.9. The largest absolute Gasteiger partial charge is 0.306 e. The van der Waals surface area contributed by atoms with Crippen molar-refractivity contribution in [2.24, 2.45) is 0 Å². The molecule has 14 heavy (non-hydrogen) atoms. The van der Waals surface area contributed by atoms with Crippen molar-refractivity contribution in [3.8, 4) is 0 Å². The molecule has 0 radical (unpaired) electrons. The Hall–Kier alpha value is -1.34. The fraction of sp³-hybridized carbons (Fsp3) is 0.231. The highest BCUT2D eigenvalue weighted by Gasteiger charge is 2.17. The summed E-state index contributed by atoms with van der Waals surface area (Å²) in [4.78, 5) is 0. The predicted molar refractivity (Wildman–Crippen MR) is 59.2 cm³/mol. The Balaban J connectivity index is 2.33. The molecular formula is C13H13N. The number of rotatable bonds is 0. The molecule has 1 aliphatic rings. The minimum Gasteiger partial charge on any atom is -0.306 e. The summed E-state index contributed by atoms with van der Waals surface area (Å²) < 4.78 is 0. The lowest BCUT2D eigenvalue weighted by Gasteiger charge is -2.05. The van der Waals surface area contributed by atoms with Gasteiger partial charge in [-0.15, -0.1) is 0 Å². The van der Waals surface area contributed by atoms with Crippen LogP contribution in [0.2, 0.25) is 0 Å². The molecule has 1 atom stereocenters. The highest BCUT2D eigenvalue weighted by atomic mass is 14.9. The Morgan fingerprint density at radius 3 is 2.64 bits per heavy atom. The molecule has 0 bridgehead atoms. The van der Waals surface area contributed by atoms with Gasteiger partial charge < -0.3 is 5.32 Å². The van der Waals surface area contributed by atoms with Gasteiger partial charge in [-0.1, -0.05) is 24.3 Å². The van der Waals surface area contributed by atoms with E-state index in [1.54, 1.807) is 0 Å². The minimum atomic E-state index is 0.509. The summed E-state index contributed by atoms with van der Waals surface area (Å²) in [7, 11) is 0. The topological polar surface area (TPSA) is 12.0 Å². The van der Waals surface area contributed by atoms with Gasteiger partial charge >= 0.3 is 0 Å². The van der Waals surface area contributed by atoms with Crippen LogP contribution in [0, 0.1) is 0 Å². The van der Waals surface area contributed by atoms with Crippen LogP contribution in [0.15, 0.2) is 36.4 Å². The first-order chi connectivity index (χ1) is 6.84. The quantitative estimate of drug-likeness (QED) is 0.662. The van der Waals surface area contributed by atoms with Gasteiger partial charge in [-0.2, -0.15) is 0 Å². The molecule has 1 nitrogen and oxygen atoms in total. The van der Waals surface area contributed by atoms with Crippen molar-refractivity contribution in [3.05, 3.63) is 47.5 Å². The monoisotopic (exact) mass is 183 g/mol. The summed E-state index contributed by atoms with van der Waals surface area (Å²) >= 11 is 0. The third-order valence-electron chi connectivity index (χ3n) is 3.07. The second-order valence-electron chi connectivity index (χ2n) is 4.00. The molecule has 0 fully saturated rings. The molecule has 3 rings (SSSR count). The summed E-state index contributed by atoms with van der Waals surface area (Å²) in [6.07, 6.45) is 0. The molecule has 1 unspecified atom stereocenters. The lowest BCUT2D eigenvalue weighted by Crippen LogP contribution is -2.06. The number of fused-ring (bicyclic) bond motifs is 2. The van der Waals surface area contributed by atoms with E-state index in [0.717, 1.165) is 6.54 Å². The van der Waals surface area contributed by atoms with Gasteiger partial charge in [0.15, 0.2) is 0 Å². The van der Waals surface area contributed by atoms with E-state index in [4.69, 9.17) is 0 Å². The maximum Gasteiger partial charge on any atom is 0.0298 e. The summed E-state index contributed by atoms with van der Waals surface area (Å²) in [5.74, 6) is 0. The molecule has 1 N–H and O–H groups in total. The van der Waals surface area contributed by atoms with Crippen LogP contribution in [0.4, 0.5) is 0 Å². The highest BCUT2D eigenvalue weighted by Crippen LogP contribution is 2.29. The maximum absolute atomic E-state index is 3.46. The molecule has 0 aliphatic carbocycles. The summed E-state index contributed by atoms with van der Waals surface area (Å²) in [5.41, 5.74) is 2.92. The molecule has 0 aromatic heterocycles. The van der Waals surface area contributed by atoms with E-state index in [0.29, 0.717) is 6.04 Å². The summed E-state index contributed by atoms with van der Waals surface area (Å²) in [5, 5.41) is 6.16. The number of nitrogens with one attached hydrogen (secondary N) is 1. The average molecular weight is 183 g/mol. The Kier molecular flexibility index (Phi) is 1.62. The number of hydrogen-bond donors (Lipinski definition) is 1. The fourth-order valence-corrected chi connectivity index (χ4v) is 2.23. The second-order valence-corrected chi connectivity index (χ2v) is 4.00. The Labute approximate surface area is 83.8 Å².